The van der Waals surface area contributed by atoms with Crippen LogP contribution in [0.2, 0.25) is 0 Å². The monoisotopic (exact) mass is 262 g/mol. The molecule has 1 aromatic carbocycles. The van der Waals surface area contributed by atoms with Gasteiger partial charge >= 0.3 is 11.9 Å². The third-order valence-electron chi connectivity index (χ3n) is 3.22. The van der Waals surface area contributed by atoms with Crippen molar-refractivity contribution >= 4 is 23.3 Å². The molecule has 1 saturated heterocycles. The maximum Gasteiger partial charge on any atom is 0.396 e. The molecule has 1 fully saturated rings. The summed E-state index contributed by atoms with van der Waals surface area (Å²) in [6, 6.07) is 7.51. The van der Waals surface area contributed by atoms with Gasteiger partial charge in [-0.05, 0) is 43.5 Å². The van der Waals surface area contributed by atoms with E-state index in [1.807, 2.05) is 12.1 Å². The van der Waals surface area contributed by atoms with E-state index in [2.05, 4.69) is 15.0 Å². The fraction of sp³-hybridized carbons (Fsp3) is 0.429. The number of hydrogen-bond acceptors (Lipinski definition) is 4. The maximum absolute atomic E-state index is 11.3. The first-order valence-corrected chi connectivity index (χ1v) is 6.45. The van der Waals surface area contributed by atoms with Gasteiger partial charge in [0.2, 0.25) is 0 Å². The Balaban J connectivity index is 1.98. The summed E-state index contributed by atoms with van der Waals surface area (Å²) in [5.74, 6) is -1.65. The number of amides is 1. The van der Waals surface area contributed by atoms with E-state index >= 15 is 0 Å². The number of carbonyl (C=O) groups excluding carboxylic acids is 2. The van der Waals surface area contributed by atoms with Crippen LogP contribution in [0.3, 0.4) is 0 Å². The van der Waals surface area contributed by atoms with Gasteiger partial charge in [0.25, 0.3) is 0 Å². The van der Waals surface area contributed by atoms with Crippen LogP contribution in [0, 0.1) is 0 Å². The van der Waals surface area contributed by atoms with Gasteiger partial charge in [0.1, 0.15) is 0 Å². The number of methoxy groups -OCH3 is 1. The number of nitrogens with zero attached hydrogens (tertiary/aromatic N) is 1. The van der Waals surface area contributed by atoms with Crippen LogP contribution >= 0.6 is 0 Å². The third kappa shape index (κ3) is 3.47. The zero-order valence-electron chi connectivity index (χ0n) is 11.0. The summed E-state index contributed by atoms with van der Waals surface area (Å²) in [5.41, 5.74) is 1.74. The van der Waals surface area contributed by atoms with Crippen LogP contribution in [0.4, 0.5) is 11.4 Å². The van der Waals surface area contributed by atoms with Crippen molar-refractivity contribution < 1.29 is 14.3 Å². The van der Waals surface area contributed by atoms with Gasteiger partial charge < -0.3 is 15.0 Å². The van der Waals surface area contributed by atoms with E-state index in [0.29, 0.717) is 5.69 Å². The number of anilines is 2. The van der Waals surface area contributed by atoms with Crippen molar-refractivity contribution in [3.05, 3.63) is 24.3 Å². The van der Waals surface area contributed by atoms with Crippen molar-refractivity contribution in [3.8, 4) is 0 Å². The maximum atomic E-state index is 11.3. The summed E-state index contributed by atoms with van der Waals surface area (Å²) in [6.45, 7) is 2.15. The predicted octanol–water partition coefficient (Wildman–Crippen LogP) is 1.79. The van der Waals surface area contributed by atoms with Crippen LogP contribution in [-0.4, -0.2) is 32.1 Å². The number of benzene rings is 1. The average Bonchev–Trinajstić information content (AvgIpc) is 2.48. The Labute approximate surface area is 112 Å². The summed E-state index contributed by atoms with van der Waals surface area (Å²) < 4.78 is 4.34. The number of carbonyl (C=O) groups is 2. The molecule has 0 saturated carbocycles. The van der Waals surface area contributed by atoms with Gasteiger partial charge in [-0.3, -0.25) is 4.79 Å². The average molecular weight is 262 g/mol. The van der Waals surface area contributed by atoms with E-state index in [9.17, 15) is 9.59 Å². The third-order valence-corrected chi connectivity index (χ3v) is 3.22. The topological polar surface area (TPSA) is 58.6 Å². The number of esters is 1. The predicted molar refractivity (Wildman–Crippen MR) is 73.2 cm³/mol. The largest absolute Gasteiger partial charge is 0.462 e. The molecule has 1 amide bonds. The fourth-order valence-electron chi connectivity index (χ4n) is 2.18. The highest BCUT2D eigenvalue weighted by atomic mass is 16.5. The lowest BCUT2D eigenvalue weighted by atomic mass is 10.1. The molecule has 5 nitrogen and oxygen atoms in total. The van der Waals surface area contributed by atoms with Crippen LogP contribution < -0.4 is 10.2 Å². The standard InChI is InChI=1S/C14H18N2O3/c1-19-14(18)13(17)15-11-5-7-12(8-6-11)16-9-3-2-4-10-16/h5-8H,2-4,9-10H2,1H3,(H,15,17). The molecule has 1 aromatic rings. The molecule has 0 atom stereocenters. The Morgan fingerprint density at radius 2 is 1.74 bits per heavy atom. The number of ether oxygens (including phenoxy) is 1. The molecule has 2 rings (SSSR count). The summed E-state index contributed by atoms with van der Waals surface area (Å²) in [4.78, 5) is 24.7. The molecular formula is C14H18N2O3. The van der Waals surface area contributed by atoms with Crippen molar-refractivity contribution in [2.24, 2.45) is 0 Å². The summed E-state index contributed by atoms with van der Waals surface area (Å²) in [5, 5.41) is 2.49. The zero-order chi connectivity index (χ0) is 13.7. The number of nitrogens with one attached hydrogen (secondary N) is 1. The molecule has 0 spiro atoms. The Morgan fingerprint density at radius 1 is 1.11 bits per heavy atom. The van der Waals surface area contributed by atoms with Gasteiger partial charge in [0.15, 0.2) is 0 Å². The van der Waals surface area contributed by atoms with Crippen LogP contribution in [0.1, 0.15) is 19.3 Å². The molecule has 0 bridgehead atoms. The highest BCUT2D eigenvalue weighted by molar-refractivity contribution is 6.37. The van der Waals surface area contributed by atoms with E-state index in [0.717, 1.165) is 18.8 Å². The Morgan fingerprint density at radius 3 is 2.32 bits per heavy atom. The molecule has 0 aliphatic carbocycles. The molecule has 1 N–H and O–H groups in total. The van der Waals surface area contributed by atoms with Crippen molar-refractivity contribution in [1.82, 2.24) is 0 Å². The lowest BCUT2D eigenvalue weighted by Gasteiger charge is -2.28. The Kier molecular flexibility index (Phi) is 4.39. The highest BCUT2D eigenvalue weighted by Crippen LogP contribution is 2.21. The Bertz CT molecular complexity index is 450. The van der Waals surface area contributed by atoms with Crippen molar-refractivity contribution in [2.75, 3.05) is 30.4 Å². The molecular weight excluding hydrogens is 244 g/mol. The van der Waals surface area contributed by atoms with Crippen LogP contribution in [0.5, 0.6) is 0 Å². The minimum Gasteiger partial charge on any atom is -0.462 e. The van der Waals surface area contributed by atoms with E-state index in [4.69, 9.17) is 0 Å². The Hall–Kier alpha value is -2.04. The molecule has 1 heterocycles. The molecule has 5 heteroatoms. The van der Waals surface area contributed by atoms with E-state index < -0.39 is 11.9 Å². The van der Waals surface area contributed by atoms with Crippen molar-refractivity contribution in [1.29, 1.82) is 0 Å². The second kappa shape index (κ2) is 6.22. The van der Waals surface area contributed by atoms with Gasteiger partial charge in [-0.2, -0.15) is 0 Å². The summed E-state index contributed by atoms with van der Waals surface area (Å²) in [6.07, 6.45) is 3.74. The summed E-state index contributed by atoms with van der Waals surface area (Å²) in [7, 11) is 1.18. The van der Waals surface area contributed by atoms with E-state index in [1.54, 1.807) is 12.1 Å². The molecule has 0 unspecified atom stereocenters. The van der Waals surface area contributed by atoms with Crippen LogP contribution in [-0.2, 0) is 14.3 Å². The van der Waals surface area contributed by atoms with Gasteiger partial charge in [-0.25, -0.2) is 4.79 Å². The van der Waals surface area contributed by atoms with Crippen LogP contribution in [0.25, 0.3) is 0 Å². The molecule has 0 radical (unpaired) electrons. The highest BCUT2D eigenvalue weighted by Gasteiger charge is 2.14. The molecule has 102 valence electrons. The van der Waals surface area contributed by atoms with Gasteiger partial charge in [0, 0.05) is 24.5 Å². The van der Waals surface area contributed by atoms with Gasteiger partial charge in [0.05, 0.1) is 7.11 Å². The fourth-order valence-corrected chi connectivity index (χ4v) is 2.18. The quantitative estimate of drug-likeness (QED) is 0.652. The summed E-state index contributed by atoms with van der Waals surface area (Å²) >= 11 is 0. The molecule has 1 aliphatic heterocycles. The van der Waals surface area contributed by atoms with Gasteiger partial charge in [-0.15, -0.1) is 0 Å². The second-order valence-corrected chi connectivity index (χ2v) is 4.54. The van der Waals surface area contributed by atoms with Crippen LogP contribution in [0.15, 0.2) is 24.3 Å². The normalized spacial score (nSPS) is 14.9. The number of hydrogen-bond donors (Lipinski definition) is 1. The van der Waals surface area contributed by atoms with Crippen molar-refractivity contribution in [3.63, 3.8) is 0 Å². The van der Waals surface area contributed by atoms with Gasteiger partial charge in [-0.1, -0.05) is 0 Å². The number of rotatable bonds is 2. The van der Waals surface area contributed by atoms with E-state index in [-0.39, 0.29) is 0 Å². The first-order chi connectivity index (χ1) is 9.20. The molecule has 1 aliphatic rings. The smallest absolute Gasteiger partial charge is 0.396 e. The first-order valence-electron chi connectivity index (χ1n) is 6.45. The zero-order valence-corrected chi connectivity index (χ0v) is 11.0. The lowest BCUT2D eigenvalue weighted by Crippen LogP contribution is -2.29. The molecule has 0 aromatic heterocycles. The molecule has 19 heavy (non-hydrogen) atoms. The lowest BCUT2D eigenvalue weighted by molar-refractivity contribution is -0.150. The minimum atomic E-state index is -0.889. The minimum absolute atomic E-state index is 0.594. The number of piperidine rings is 1. The second-order valence-electron chi connectivity index (χ2n) is 4.54. The van der Waals surface area contributed by atoms with E-state index in [1.165, 1.54) is 26.4 Å². The SMILES string of the molecule is COC(=O)C(=O)Nc1ccc(N2CCCCC2)cc1. The van der Waals surface area contributed by atoms with Crippen molar-refractivity contribution in [2.45, 2.75) is 19.3 Å². The first kappa shape index (κ1) is 13.4.